The predicted molar refractivity (Wildman–Crippen MR) is 122 cm³/mol. The smallest absolute Gasteiger partial charge is 0.223 e. The predicted octanol–water partition coefficient (Wildman–Crippen LogP) is 4.00. The van der Waals surface area contributed by atoms with E-state index in [0.29, 0.717) is 12.0 Å². The second-order valence-electron chi connectivity index (χ2n) is 8.81. The molecule has 1 saturated heterocycles. The van der Waals surface area contributed by atoms with Crippen LogP contribution >= 0.6 is 0 Å². The summed E-state index contributed by atoms with van der Waals surface area (Å²) >= 11 is 0. The summed E-state index contributed by atoms with van der Waals surface area (Å²) in [5, 5.41) is 14.1. The quantitative estimate of drug-likeness (QED) is 0.631. The summed E-state index contributed by atoms with van der Waals surface area (Å²) in [6.07, 6.45) is 6.53. The molecule has 31 heavy (non-hydrogen) atoms. The second kappa shape index (κ2) is 9.20. The van der Waals surface area contributed by atoms with Crippen LogP contribution in [0.1, 0.15) is 37.7 Å². The zero-order chi connectivity index (χ0) is 21.0. The number of hydrogen-bond donors (Lipinski definition) is 2. The summed E-state index contributed by atoms with van der Waals surface area (Å²) in [7, 11) is 0. The van der Waals surface area contributed by atoms with E-state index in [9.17, 15) is 5.11 Å². The van der Waals surface area contributed by atoms with Gasteiger partial charge in [-0.25, -0.2) is 9.97 Å². The Morgan fingerprint density at radius 3 is 2.71 bits per heavy atom. The number of ether oxygens (including phenoxy) is 1. The van der Waals surface area contributed by atoms with E-state index in [0.717, 1.165) is 68.4 Å². The minimum atomic E-state index is -0.158. The number of aliphatic hydroxyl groups is 1. The van der Waals surface area contributed by atoms with E-state index >= 15 is 0 Å². The van der Waals surface area contributed by atoms with Gasteiger partial charge in [-0.1, -0.05) is 30.3 Å². The van der Waals surface area contributed by atoms with Gasteiger partial charge in [-0.3, -0.25) is 4.90 Å². The molecule has 2 aliphatic rings. The highest BCUT2D eigenvalue weighted by Gasteiger charge is 2.24. The molecule has 162 valence electrons. The maximum Gasteiger partial charge on any atom is 0.223 e. The Morgan fingerprint density at radius 2 is 1.87 bits per heavy atom. The summed E-state index contributed by atoms with van der Waals surface area (Å²) in [5.41, 5.74) is 2.24. The fourth-order valence-electron chi connectivity index (χ4n) is 4.62. The van der Waals surface area contributed by atoms with Crippen LogP contribution in [-0.2, 0) is 6.54 Å². The Morgan fingerprint density at radius 1 is 1.03 bits per heavy atom. The molecule has 0 amide bonds. The van der Waals surface area contributed by atoms with Crippen LogP contribution in [0.25, 0.3) is 10.9 Å². The van der Waals surface area contributed by atoms with Crippen LogP contribution in [0.4, 0.5) is 5.95 Å². The number of aliphatic hydroxyl groups excluding tert-OH is 1. The van der Waals surface area contributed by atoms with E-state index in [1.54, 1.807) is 0 Å². The number of nitrogens with zero attached hydrogens (tertiary/aromatic N) is 3. The van der Waals surface area contributed by atoms with Crippen LogP contribution in [0.3, 0.4) is 0 Å². The first kappa shape index (κ1) is 20.2. The Hall–Kier alpha value is -2.70. The van der Waals surface area contributed by atoms with Crippen molar-refractivity contribution in [3.05, 3.63) is 60.3 Å². The number of nitrogens with one attached hydrogen (secondary N) is 1. The van der Waals surface area contributed by atoms with Crippen LogP contribution in [0.15, 0.2) is 54.7 Å². The lowest BCUT2D eigenvalue weighted by molar-refractivity contribution is 0.126. The topological polar surface area (TPSA) is 70.5 Å². The molecule has 6 heteroatoms. The summed E-state index contributed by atoms with van der Waals surface area (Å²) in [5.74, 6) is 1.52. The molecule has 1 saturated carbocycles. The Bertz CT molecular complexity index is 1000. The molecular formula is C25H30N4O2. The van der Waals surface area contributed by atoms with E-state index < -0.39 is 0 Å². The molecule has 1 aliphatic heterocycles. The molecule has 2 fully saturated rings. The largest absolute Gasteiger partial charge is 0.489 e. The number of anilines is 1. The van der Waals surface area contributed by atoms with Crippen molar-refractivity contribution in [2.45, 2.75) is 56.9 Å². The molecule has 2 heterocycles. The van der Waals surface area contributed by atoms with Gasteiger partial charge in [0.2, 0.25) is 5.95 Å². The first-order chi connectivity index (χ1) is 15.2. The fraction of sp³-hybridized carbons (Fsp3) is 0.440. The van der Waals surface area contributed by atoms with Gasteiger partial charge in [-0.05, 0) is 49.8 Å². The average molecular weight is 419 g/mol. The molecule has 1 aliphatic carbocycles. The van der Waals surface area contributed by atoms with Gasteiger partial charge in [0.05, 0.1) is 11.6 Å². The molecule has 2 N–H and O–H groups in total. The number of aromatic nitrogens is 2. The van der Waals surface area contributed by atoms with Crippen LogP contribution in [-0.4, -0.2) is 51.3 Å². The molecule has 3 aromatic rings. The lowest BCUT2D eigenvalue weighted by Crippen LogP contribution is -2.28. The van der Waals surface area contributed by atoms with E-state index in [-0.39, 0.29) is 12.2 Å². The maximum atomic E-state index is 9.70. The third-order valence-corrected chi connectivity index (χ3v) is 6.36. The van der Waals surface area contributed by atoms with E-state index in [1.807, 2.05) is 24.4 Å². The van der Waals surface area contributed by atoms with Crippen LogP contribution in [0, 0.1) is 0 Å². The zero-order valence-electron chi connectivity index (χ0n) is 17.8. The number of fused-ring (bicyclic) bond motifs is 1. The third kappa shape index (κ3) is 5.14. The van der Waals surface area contributed by atoms with Crippen molar-refractivity contribution in [2.24, 2.45) is 0 Å². The molecule has 0 spiro atoms. The molecule has 5 rings (SSSR count). The first-order valence-electron chi connectivity index (χ1n) is 11.4. The van der Waals surface area contributed by atoms with Crippen molar-refractivity contribution < 1.29 is 9.84 Å². The van der Waals surface area contributed by atoms with Crippen LogP contribution in [0.2, 0.25) is 0 Å². The fourth-order valence-corrected chi connectivity index (χ4v) is 4.62. The van der Waals surface area contributed by atoms with Crippen molar-refractivity contribution >= 4 is 16.9 Å². The molecule has 6 nitrogen and oxygen atoms in total. The summed E-state index contributed by atoms with van der Waals surface area (Å²) < 4.78 is 6.30. The van der Waals surface area contributed by atoms with Crippen molar-refractivity contribution in [3.63, 3.8) is 0 Å². The molecule has 0 radical (unpaired) electrons. The second-order valence-corrected chi connectivity index (χ2v) is 8.81. The molecule has 0 unspecified atom stereocenters. The van der Waals surface area contributed by atoms with E-state index in [2.05, 4.69) is 45.5 Å². The minimum absolute atomic E-state index is 0.158. The molecule has 1 aromatic heterocycles. The lowest BCUT2D eigenvalue weighted by atomic mass is 9.93. The average Bonchev–Trinajstić information content (AvgIpc) is 3.22. The van der Waals surface area contributed by atoms with Gasteiger partial charge in [0.25, 0.3) is 0 Å². The number of hydrogen-bond acceptors (Lipinski definition) is 6. The standard InChI is InChI=1S/C25H30N4O2/c30-21-9-7-20(8-10-21)27-25-26-15-19-6-11-22(14-24(19)28-25)31-23-12-13-29(17-23)16-18-4-2-1-3-5-18/h1-6,11,14-15,20-21,23,30H,7-10,12-13,16-17H2,(H,26,27,28)/t20?,21?,23-/m0/s1. The minimum Gasteiger partial charge on any atom is -0.489 e. The van der Waals surface area contributed by atoms with Crippen molar-refractivity contribution in [2.75, 3.05) is 18.4 Å². The van der Waals surface area contributed by atoms with Gasteiger partial charge in [0.15, 0.2) is 0 Å². The van der Waals surface area contributed by atoms with E-state index in [4.69, 9.17) is 9.72 Å². The Kier molecular flexibility index (Phi) is 6.00. The molecular weight excluding hydrogens is 388 g/mol. The van der Waals surface area contributed by atoms with Crippen LogP contribution in [0.5, 0.6) is 5.75 Å². The molecule has 2 aromatic carbocycles. The highest BCUT2D eigenvalue weighted by atomic mass is 16.5. The van der Waals surface area contributed by atoms with Crippen molar-refractivity contribution in [3.8, 4) is 5.75 Å². The Balaban J connectivity index is 1.21. The SMILES string of the molecule is OC1CCC(Nc2ncc3ccc(O[C@H]4CCN(Cc5ccccc5)C4)cc3n2)CC1. The highest BCUT2D eigenvalue weighted by Crippen LogP contribution is 2.25. The van der Waals surface area contributed by atoms with Gasteiger partial charge in [-0.15, -0.1) is 0 Å². The molecule has 1 atom stereocenters. The normalized spacial score (nSPS) is 24.4. The van der Waals surface area contributed by atoms with Crippen LogP contribution < -0.4 is 10.1 Å². The monoisotopic (exact) mass is 418 g/mol. The molecule has 0 bridgehead atoms. The van der Waals surface area contributed by atoms with Gasteiger partial charge in [-0.2, -0.15) is 0 Å². The number of likely N-dealkylation sites (tertiary alicyclic amines) is 1. The summed E-state index contributed by atoms with van der Waals surface area (Å²) in [6.45, 7) is 2.97. The number of benzene rings is 2. The van der Waals surface area contributed by atoms with Gasteiger partial charge >= 0.3 is 0 Å². The van der Waals surface area contributed by atoms with E-state index in [1.165, 1.54) is 5.56 Å². The Labute approximate surface area is 183 Å². The number of rotatable bonds is 6. The first-order valence-corrected chi connectivity index (χ1v) is 11.4. The van der Waals surface area contributed by atoms with Gasteiger partial charge in [0.1, 0.15) is 11.9 Å². The lowest BCUT2D eigenvalue weighted by Gasteiger charge is -2.26. The van der Waals surface area contributed by atoms with Gasteiger partial charge < -0.3 is 15.2 Å². The van der Waals surface area contributed by atoms with Crippen molar-refractivity contribution in [1.29, 1.82) is 0 Å². The highest BCUT2D eigenvalue weighted by molar-refractivity contribution is 5.80. The summed E-state index contributed by atoms with van der Waals surface area (Å²) in [4.78, 5) is 11.6. The summed E-state index contributed by atoms with van der Waals surface area (Å²) in [6, 6.07) is 17.0. The third-order valence-electron chi connectivity index (χ3n) is 6.36. The zero-order valence-corrected chi connectivity index (χ0v) is 17.8. The maximum absolute atomic E-state index is 9.70. The van der Waals surface area contributed by atoms with Gasteiger partial charge in [0, 0.05) is 43.3 Å². The van der Waals surface area contributed by atoms with Crippen molar-refractivity contribution in [1.82, 2.24) is 14.9 Å².